The molecule has 1 saturated carbocycles. The first kappa shape index (κ1) is 12.0. The predicted molar refractivity (Wildman–Crippen MR) is 58.3 cm³/mol. The van der Waals surface area contributed by atoms with E-state index in [2.05, 4.69) is 20.8 Å². The van der Waals surface area contributed by atoms with Gasteiger partial charge in [-0.3, -0.25) is 0 Å². The highest BCUT2D eigenvalue weighted by Crippen LogP contribution is 2.43. The van der Waals surface area contributed by atoms with E-state index in [4.69, 9.17) is 4.74 Å². The summed E-state index contributed by atoms with van der Waals surface area (Å²) in [6, 6.07) is 0. The number of rotatable bonds is 4. The maximum Gasteiger partial charge on any atom is 0.0930 e. The van der Waals surface area contributed by atoms with E-state index in [1.807, 2.05) is 0 Å². The van der Waals surface area contributed by atoms with E-state index in [0.29, 0.717) is 6.61 Å². The fraction of sp³-hybridized carbons (Fsp3) is 1.00. The predicted octanol–water partition coefficient (Wildman–Crippen LogP) is 2.74. The third-order valence-electron chi connectivity index (χ3n) is 3.59. The highest BCUT2D eigenvalue weighted by atomic mass is 16.5. The fourth-order valence-corrected chi connectivity index (χ4v) is 2.21. The zero-order valence-electron chi connectivity index (χ0n) is 9.81. The highest BCUT2D eigenvalue weighted by molar-refractivity contribution is 4.96. The Balaban J connectivity index is 2.51. The van der Waals surface area contributed by atoms with Crippen molar-refractivity contribution in [1.82, 2.24) is 0 Å². The van der Waals surface area contributed by atoms with Crippen molar-refractivity contribution in [1.29, 1.82) is 0 Å². The molecule has 0 aromatic heterocycles. The summed E-state index contributed by atoms with van der Waals surface area (Å²) in [6.45, 7) is 7.67. The lowest BCUT2D eigenvalue weighted by atomic mass is 9.66. The Morgan fingerprint density at radius 2 is 1.86 bits per heavy atom. The summed E-state index contributed by atoms with van der Waals surface area (Å²) in [5.74, 6) is 0. The van der Waals surface area contributed by atoms with Gasteiger partial charge in [-0.05, 0) is 24.7 Å². The zero-order chi connectivity index (χ0) is 10.7. The van der Waals surface area contributed by atoms with Crippen LogP contribution in [0.15, 0.2) is 0 Å². The minimum absolute atomic E-state index is 0.0129. The van der Waals surface area contributed by atoms with Crippen molar-refractivity contribution in [2.24, 2.45) is 5.41 Å². The minimum Gasteiger partial charge on any atom is -0.387 e. The van der Waals surface area contributed by atoms with Crippen LogP contribution in [0.1, 0.15) is 52.9 Å². The van der Waals surface area contributed by atoms with Crippen LogP contribution in [-0.4, -0.2) is 23.9 Å². The van der Waals surface area contributed by atoms with Crippen molar-refractivity contribution in [3.8, 4) is 0 Å². The molecule has 0 bridgehead atoms. The third-order valence-corrected chi connectivity index (χ3v) is 3.59. The molecule has 84 valence electrons. The van der Waals surface area contributed by atoms with Gasteiger partial charge >= 0.3 is 0 Å². The highest BCUT2D eigenvalue weighted by Gasteiger charge is 2.45. The van der Waals surface area contributed by atoms with Gasteiger partial charge in [0.1, 0.15) is 0 Å². The summed E-state index contributed by atoms with van der Waals surface area (Å²) in [5.41, 5.74) is -0.584. The van der Waals surface area contributed by atoms with Gasteiger partial charge in [-0.15, -0.1) is 0 Å². The van der Waals surface area contributed by atoms with Crippen LogP contribution in [0.4, 0.5) is 0 Å². The molecule has 0 aromatic rings. The normalized spacial score (nSPS) is 31.7. The van der Waals surface area contributed by atoms with Gasteiger partial charge in [0.2, 0.25) is 0 Å². The van der Waals surface area contributed by atoms with Crippen molar-refractivity contribution in [2.45, 2.75) is 58.5 Å². The molecule has 0 aliphatic heterocycles. The Labute approximate surface area is 87.7 Å². The van der Waals surface area contributed by atoms with Gasteiger partial charge in [-0.1, -0.05) is 33.6 Å². The quantitative estimate of drug-likeness (QED) is 0.707. The molecule has 0 amide bonds. The van der Waals surface area contributed by atoms with E-state index < -0.39 is 5.60 Å². The Morgan fingerprint density at radius 1 is 1.21 bits per heavy atom. The van der Waals surface area contributed by atoms with E-state index >= 15 is 0 Å². The molecule has 0 saturated heterocycles. The maximum atomic E-state index is 10.5. The summed E-state index contributed by atoms with van der Waals surface area (Å²) in [4.78, 5) is 0. The van der Waals surface area contributed by atoms with Crippen LogP contribution < -0.4 is 0 Å². The molecular formula is C12H24O2. The second-order valence-corrected chi connectivity index (χ2v) is 5.18. The number of hydrogen-bond acceptors (Lipinski definition) is 2. The molecule has 0 heterocycles. The van der Waals surface area contributed by atoms with Crippen molar-refractivity contribution < 1.29 is 9.84 Å². The summed E-state index contributed by atoms with van der Waals surface area (Å²) in [5, 5.41) is 10.5. The van der Waals surface area contributed by atoms with E-state index in [0.717, 1.165) is 32.3 Å². The average molecular weight is 200 g/mol. The lowest BCUT2D eigenvalue weighted by molar-refractivity contribution is -0.141. The molecule has 2 heteroatoms. The molecule has 2 nitrogen and oxygen atoms in total. The Bertz CT molecular complexity index is 177. The molecule has 1 unspecified atom stereocenters. The average Bonchev–Trinajstić information content (AvgIpc) is 2.11. The third kappa shape index (κ3) is 2.48. The fourth-order valence-electron chi connectivity index (χ4n) is 2.21. The van der Waals surface area contributed by atoms with Gasteiger partial charge in [0.25, 0.3) is 0 Å². The maximum absolute atomic E-state index is 10.5. The van der Waals surface area contributed by atoms with E-state index in [1.165, 1.54) is 6.42 Å². The summed E-state index contributed by atoms with van der Waals surface area (Å²) in [7, 11) is 0. The van der Waals surface area contributed by atoms with Crippen LogP contribution in [0.2, 0.25) is 0 Å². The Hall–Kier alpha value is -0.0800. The van der Waals surface area contributed by atoms with E-state index in [-0.39, 0.29) is 5.41 Å². The van der Waals surface area contributed by atoms with Gasteiger partial charge in [-0.25, -0.2) is 0 Å². The molecule has 1 aliphatic carbocycles. The summed E-state index contributed by atoms with van der Waals surface area (Å²) < 4.78 is 5.51. The molecule has 1 aliphatic rings. The van der Waals surface area contributed by atoms with E-state index in [9.17, 15) is 5.11 Å². The van der Waals surface area contributed by atoms with Crippen molar-refractivity contribution in [3.63, 3.8) is 0 Å². The summed E-state index contributed by atoms with van der Waals surface area (Å²) >= 11 is 0. The lowest BCUT2D eigenvalue weighted by Crippen LogP contribution is -2.50. The minimum atomic E-state index is -0.597. The zero-order valence-corrected chi connectivity index (χ0v) is 9.81. The molecule has 0 spiro atoms. The Morgan fingerprint density at radius 3 is 2.43 bits per heavy atom. The molecule has 1 fully saturated rings. The van der Waals surface area contributed by atoms with Crippen LogP contribution in [-0.2, 0) is 4.74 Å². The number of aliphatic hydroxyl groups is 1. The van der Waals surface area contributed by atoms with Gasteiger partial charge < -0.3 is 9.84 Å². The first-order valence-electron chi connectivity index (χ1n) is 5.82. The van der Waals surface area contributed by atoms with Crippen LogP contribution in [0, 0.1) is 5.41 Å². The molecule has 14 heavy (non-hydrogen) atoms. The second-order valence-electron chi connectivity index (χ2n) is 5.18. The first-order valence-corrected chi connectivity index (χ1v) is 5.82. The van der Waals surface area contributed by atoms with Crippen molar-refractivity contribution in [2.75, 3.05) is 13.2 Å². The molecule has 0 aromatic carbocycles. The largest absolute Gasteiger partial charge is 0.387 e. The van der Waals surface area contributed by atoms with Crippen LogP contribution in [0.25, 0.3) is 0 Å². The topological polar surface area (TPSA) is 29.5 Å². The molecule has 1 rings (SSSR count). The van der Waals surface area contributed by atoms with Crippen LogP contribution in [0.3, 0.4) is 0 Å². The SMILES string of the molecule is CCCOCC1(O)CCCCC1(C)C. The van der Waals surface area contributed by atoms with Crippen LogP contribution in [0.5, 0.6) is 0 Å². The van der Waals surface area contributed by atoms with Crippen molar-refractivity contribution >= 4 is 0 Å². The molecule has 1 N–H and O–H groups in total. The lowest BCUT2D eigenvalue weighted by Gasteiger charge is -2.46. The van der Waals surface area contributed by atoms with Gasteiger partial charge in [0.05, 0.1) is 12.2 Å². The molecule has 0 radical (unpaired) electrons. The molecular weight excluding hydrogens is 176 g/mol. The smallest absolute Gasteiger partial charge is 0.0930 e. The van der Waals surface area contributed by atoms with Gasteiger partial charge in [0, 0.05) is 6.61 Å². The van der Waals surface area contributed by atoms with E-state index in [1.54, 1.807) is 0 Å². The standard InChI is InChI=1S/C12H24O2/c1-4-9-14-10-12(13)8-6-5-7-11(12,2)3/h13H,4-10H2,1-3H3. The first-order chi connectivity index (χ1) is 6.52. The second kappa shape index (κ2) is 4.63. The molecule has 1 atom stereocenters. The summed E-state index contributed by atoms with van der Waals surface area (Å²) in [6.07, 6.45) is 5.40. The van der Waals surface area contributed by atoms with Crippen LogP contribution >= 0.6 is 0 Å². The van der Waals surface area contributed by atoms with Crippen molar-refractivity contribution in [3.05, 3.63) is 0 Å². The Kier molecular flexibility index (Phi) is 3.96. The van der Waals surface area contributed by atoms with Gasteiger partial charge in [0.15, 0.2) is 0 Å². The number of hydrogen-bond donors (Lipinski definition) is 1. The monoisotopic (exact) mass is 200 g/mol. The number of ether oxygens (including phenoxy) is 1. The van der Waals surface area contributed by atoms with Gasteiger partial charge in [-0.2, -0.15) is 0 Å².